The fourth-order valence-corrected chi connectivity index (χ4v) is 3.52. The molecule has 1 aliphatic carbocycles. The fourth-order valence-electron chi connectivity index (χ4n) is 3.52. The molecule has 2 aromatic rings. The average molecular weight is 351 g/mol. The minimum Gasteiger partial charge on any atom is -0.339 e. The Morgan fingerprint density at radius 1 is 0.885 bits per heavy atom. The van der Waals surface area contributed by atoms with Crippen LogP contribution in [0.4, 0.5) is 0 Å². The van der Waals surface area contributed by atoms with Crippen LogP contribution in [0.3, 0.4) is 0 Å². The molecule has 4 rings (SSSR count). The maximum atomic E-state index is 11.1. The number of carbonyl (C=O) groups is 1. The lowest BCUT2D eigenvalue weighted by molar-refractivity contribution is -0.131. The lowest BCUT2D eigenvalue weighted by Crippen LogP contribution is -2.48. The molecule has 2 fully saturated rings. The number of likely N-dealkylation sites (N-methyl/N-ethyl adjacent to an activating group) is 1. The van der Waals surface area contributed by atoms with Gasteiger partial charge in [-0.1, -0.05) is 60.7 Å². The molecule has 1 heterocycles. The van der Waals surface area contributed by atoms with Gasteiger partial charge in [-0.05, 0) is 36.4 Å². The Morgan fingerprint density at radius 2 is 1.35 bits per heavy atom. The number of piperazine rings is 1. The second kappa shape index (κ2) is 8.97. The van der Waals surface area contributed by atoms with Crippen LogP contribution in [0.1, 0.15) is 29.4 Å². The Balaban J connectivity index is 0.000000160. The standard InChI is InChI=1S/C15H14.C7H15N3O/c1-3-7-12(8-4-1)14-11-15(14)13-9-5-2-6-10-13;1-9-2-4-10(5-3-9)7(11)6-8/h1-10,14-15H,11H2;2-6,8H2,1H3/t14-,15+;. The Kier molecular flexibility index (Phi) is 6.42. The number of carbonyl (C=O) groups excluding carboxylic acids is 1. The van der Waals surface area contributed by atoms with Gasteiger partial charge < -0.3 is 15.5 Å². The molecular formula is C22H29N3O. The summed E-state index contributed by atoms with van der Waals surface area (Å²) >= 11 is 0. The van der Waals surface area contributed by atoms with E-state index < -0.39 is 0 Å². The van der Waals surface area contributed by atoms with E-state index in [0.29, 0.717) is 0 Å². The molecule has 0 radical (unpaired) electrons. The van der Waals surface area contributed by atoms with Gasteiger partial charge in [0, 0.05) is 26.2 Å². The topological polar surface area (TPSA) is 49.6 Å². The number of rotatable bonds is 3. The average Bonchev–Trinajstić information content (AvgIpc) is 3.51. The van der Waals surface area contributed by atoms with E-state index in [9.17, 15) is 4.79 Å². The molecule has 1 saturated heterocycles. The van der Waals surface area contributed by atoms with E-state index in [1.54, 1.807) is 0 Å². The Labute approximate surface area is 156 Å². The number of hydrogen-bond donors (Lipinski definition) is 1. The summed E-state index contributed by atoms with van der Waals surface area (Å²) in [6.45, 7) is 3.72. The third kappa shape index (κ3) is 4.93. The number of amides is 1. The normalized spacial score (nSPS) is 22.3. The summed E-state index contributed by atoms with van der Waals surface area (Å²) in [6.07, 6.45) is 1.31. The lowest BCUT2D eigenvalue weighted by atomic mass is 10.0. The van der Waals surface area contributed by atoms with Crippen LogP contribution in [-0.2, 0) is 4.79 Å². The number of benzene rings is 2. The molecule has 2 aliphatic rings. The third-order valence-electron chi connectivity index (χ3n) is 5.28. The lowest BCUT2D eigenvalue weighted by Gasteiger charge is -2.32. The van der Waals surface area contributed by atoms with Gasteiger partial charge >= 0.3 is 0 Å². The van der Waals surface area contributed by atoms with Crippen molar-refractivity contribution in [1.29, 1.82) is 0 Å². The molecule has 2 aromatic carbocycles. The van der Waals surface area contributed by atoms with Crippen molar-refractivity contribution in [2.45, 2.75) is 18.3 Å². The molecule has 1 amide bonds. The van der Waals surface area contributed by atoms with Gasteiger partial charge in [0.05, 0.1) is 6.54 Å². The number of nitrogens with zero attached hydrogens (tertiary/aromatic N) is 2. The van der Waals surface area contributed by atoms with Crippen LogP contribution in [0.2, 0.25) is 0 Å². The molecule has 1 aliphatic heterocycles. The molecule has 0 unspecified atom stereocenters. The molecule has 0 aromatic heterocycles. The monoisotopic (exact) mass is 351 g/mol. The molecule has 26 heavy (non-hydrogen) atoms. The minimum atomic E-state index is 0.0677. The summed E-state index contributed by atoms with van der Waals surface area (Å²) in [4.78, 5) is 15.1. The third-order valence-corrected chi connectivity index (χ3v) is 5.28. The van der Waals surface area contributed by atoms with E-state index in [2.05, 4.69) is 72.6 Å². The van der Waals surface area contributed by atoms with Crippen LogP contribution >= 0.6 is 0 Å². The van der Waals surface area contributed by atoms with Crippen LogP contribution in [0, 0.1) is 0 Å². The Hall–Kier alpha value is -2.17. The second-order valence-electron chi connectivity index (χ2n) is 7.16. The van der Waals surface area contributed by atoms with E-state index >= 15 is 0 Å². The summed E-state index contributed by atoms with van der Waals surface area (Å²) in [5.74, 6) is 1.58. The molecule has 2 N–H and O–H groups in total. The van der Waals surface area contributed by atoms with Crippen molar-refractivity contribution < 1.29 is 4.79 Å². The Morgan fingerprint density at radius 3 is 1.77 bits per heavy atom. The molecule has 138 valence electrons. The van der Waals surface area contributed by atoms with Gasteiger partial charge in [0.15, 0.2) is 0 Å². The van der Waals surface area contributed by atoms with E-state index in [1.807, 2.05) is 4.90 Å². The number of hydrogen-bond acceptors (Lipinski definition) is 3. The van der Waals surface area contributed by atoms with Gasteiger partial charge in [-0.3, -0.25) is 4.79 Å². The van der Waals surface area contributed by atoms with E-state index in [0.717, 1.165) is 38.0 Å². The quantitative estimate of drug-likeness (QED) is 0.925. The fraction of sp³-hybridized carbons (Fsp3) is 0.409. The van der Waals surface area contributed by atoms with Gasteiger partial charge in [0.25, 0.3) is 0 Å². The van der Waals surface area contributed by atoms with E-state index in [-0.39, 0.29) is 12.5 Å². The van der Waals surface area contributed by atoms with Crippen molar-refractivity contribution in [2.24, 2.45) is 5.73 Å². The van der Waals surface area contributed by atoms with Crippen LogP contribution < -0.4 is 5.73 Å². The second-order valence-corrected chi connectivity index (χ2v) is 7.16. The first kappa shape index (κ1) is 18.6. The van der Waals surface area contributed by atoms with Crippen molar-refractivity contribution >= 4 is 5.91 Å². The zero-order chi connectivity index (χ0) is 18.4. The van der Waals surface area contributed by atoms with Crippen molar-refractivity contribution in [2.75, 3.05) is 39.8 Å². The highest BCUT2D eigenvalue weighted by atomic mass is 16.2. The Bertz CT molecular complexity index is 638. The van der Waals surface area contributed by atoms with Crippen molar-refractivity contribution in [3.63, 3.8) is 0 Å². The summed E-state index contributed by atoms with van der Waals surface area (Å²) in [7, 11) is 2.06. The maximum absolute atomic E-state index is 11.1. The van der Waals surface area contributed by atoms with Gasteiger partial charge in [0.2, 0.25) is 5.91 Å². The largest absolute Gasteiger partial charge is 0.339 e. The molecule has 0 bridgehead atoms. The van der Waals surface area contributed by atoms with Crippen LogP contribution in [0.5, 0.6) is 0 Å². The number of nitrogens with two attached hydrogens (primary N) is 1. The van der Waals surface area contributed by atoms with Gasteiger partial charge in [0.1, 0.15) is 0 Å². The first-order chi connectivity index (χ1) is 12.7. The van der Waals surface area contributed by atoms with Crippen LogP contribution in [-0.4, -0.2) is 55.5 Å². The van der Waals surface area contributed by atoms with Crippen LogP contribution in [0.15, 0.2) is 60.7 Å². The molecular weight excluding hydrogens is 322 g/mol. The predicted octanol–water partition coefficient (Wildman–Crippen LogP) is 2.68. The molecule has 1 saturated carbocycles. The van der Waals surface area contributed by atoms with Gasteiger partial charge in [-0.2, -0.15) is 0 Å². The van der Waals surface area contributed by atoms with Gasteiger partial charge in [-0.25, -0.2) is 0 Å². The zero-order valence-corrected chi connectivity index (χ0v) is 15.6. The van der Waals surface area contributed by atoms with E-state index in [1.165, 1.54) is 17.5 Å². The highest BCUT2D eigenvalue weighted by molar-refractivity contribution is 5.78. The summed E-state index contributed by atoms with van der Waals surface area (Å²) < 4.78 is 0. The summed E-state index contributed by atoms with van der Waals surface area (Å²) in [5, 5.41) is 0. The smallest absolute Gasteiger partial charge is 0.236 e. The van der Waals surface area contributed by atoms with Crippen molar-refractivity contribution in [3.05, 3.63) is 71.8 Å². The molecule has 0 spiro atoms. The van der Waals surface area contributed by atoms with E-state index in [4.69, 9.17) is 5.73 Å². The summed E-state index contributed by atoms with van der Waals surface area (Å²) in [5.41, 5.74) is 8.22. The van der Waals surface area contributed by atoms with Gasteiger partial charge in [-0.15, -0.1) is 0 Å². The first-order valence-corrected chi connectivity index (χ1v) is 9.45. The summed E-state index contributed by atoms with van der Waals surface area (Å²) in [6, 6.07) is 21.7. The van der Waals surface area contributed by atoms with Crippen molar-refractivity contribution in [1.82, 2.24) is 9.80 Å². The minimum absolute atomic E-state index is 0.0677. The molecule has 4 heteroatoms. The maximum Gasteiger partial charge on any atom is 0.236 e. The SMILES string of the molecule is CN1CCN(C(=O)CN)CC1.c1ccc([C@H]2C[C@H]2c2ccccc2)cc1. The first-order valence-electron chi connectivity index (χ1n) is 9.45. The zero-order valence-electron chi connectivity index (χ0n) is 15.6. The predicted molar refractivity (Wildman–Crippen MR) is 106 cm³/mol. The highest BCUT2D eigenvalue weighted by Crippen LogP contribution is 2.54. The highest BCUT2D eigenvalue weighted by Gasteiger charge is 2.38. The molecule has 2 atom stereocenters. The molecule has 4 nitrogen and oxygen atoms in total. The van der Waals surface area contributed by atoms with Crippen molar-refractivity contribution in [3.8, 4) is 0 Å². The van der Waals surface area contributed by atoms with Crippen LogP contribution in [0.25, 0.3) is 0 Å².